The predicted molar refractivity (Wildman–Crippen MR) is 104 cm³/mol. The number of carbonyl (C=O) groups is 1. The van der Waals surface area contributed by atoms with Crippen LogP contribution in [0.1, 0.15) is 34.8 Å². The van der Waals surface area contributed by atoms with Crippen LogP contribution in [0.3, 0.4) is 0 Å². The van der Waals surface area contributed by atoms with E-state index >= 15 is 0 Å². The standard InChI is InChI=1S/C23H20F2N2O/c24-19-10-6-16(7-11-19)21-4-1-5-22(26-21)18-3-2-14-27(15-18)23(28)17-8-12-20(25)13-9-17/h1,4-13,18H,2-3,14-15H2/t18-/m0/s1. The van der Waals surface area contributed by atoms with E-state index in [1.807, 2.05) is 23.1 Å². The summed E-state index contributed by atoms with van der Waals surface area (Å²) < 4.78 is 26.3. The van der Waals surface area contributed by atoms with Gasteiger partial charge in [0.15, 0.2) is 0 Å². The van der Waals surface area contributed by atoms with E-state index in [1.54, 1.807) is 12.1 Å². The Hall–Kier alpha value is -3.08. The van der Waals surface area contributed by atoms with E-state index < -0.39 is 0 Å². The summed E-state index contributed by atoms with van der Waals surface area (Å²) in [5.41, 5.74) is 3.08. The van der Waals surface area contributed by atoms with Gasteiger partial charge in [-0.15, -0.1) is 0 Å². The molecule has 2 heterocycles. The number of hydrogen-bond acceptors (Lipinski definition) is 2. The Labute approximate surface area is 162 Å². The van der Waals surface area contributed by atoms with Gasteiger partial charge in [-0.25, -0.2) is 8.78 Å². The van der Waals surface area contributed by atoms with Gasteiger partial charge in [0.2, 0.25) is 0 Å². The molecule has 0 aliphatic carbocycles. The van der Waals surface area contributed by atoms with Crippen molar-refractivity contribution in [2.75, 3.05) is 13.1 Å². The quantitative estimate of drug-likeness (QED) is 0.639. The molecule has 0 bridgehead atoms. The average Bonchev–Trinajstić information content (AvgIpc) is 2.74. The van der Waals surface area contributed by atoms with Crippen LogP contribution in [0.15, 0.2) is 66.7 Å². The van der Waals surface area contributed by atoms with Crippen LogP contribution in [0, 0.1) is 11.6 Å². The molecule has 1 saturated heterocycles. The van der Waals surface area contributed by atoms with Crippen LogP contribution >= 0.6 is 0 Å². The van der Waals surface area contributed by atoms with Gasteiger partial charge in [0.25, 0.3) is 5.91 Å². The first kappa shape index (κ1) is 18.3. The van der Waals surface area contributed by atoms with Crippen LogP contribution in [0.5, 0.6) is 0 Å². The second-order valence-corrected chi connectivity index (χ2v) is 7.05. The van der Waals surface area contributed by atoms with E-state index in [2.05, 4.69) is 0 Å². The molecule has 0 radical (unpaired) electrons. The van der Waals surface area contributed by atoms with E-state index in [0.717, 1.165) is 29.8 Å². The van der Waals surface area contributed by atoms with Gasteiger partial charge in [-0.1, -0.05) is 6.07 Å². The van der Waals surface area contributed by atoms with Gasteiger partial charge in [0, 0.05) is 35.8 Å². The topological polar surface area (TPSA) is 33.2 Å². The number of halogens is 2. The van der Waals surface area contributed by atoms with Crippen molar-refractivity contribution in [3.63, 3.8) is 0 Å². The van der Waals surface area contributed by atoms with Gasteiger partial charge in [0.1, 0.15) is 11.6 Å². The summed E-state index contributed by atoms with van der Waals surface area (Å²) in [7, 11) is 0. The third-order valence-electron chi connectivity index (χ3n) is 5.13. The molecular formula is C23H20F2N2O. The van der Waals surface area contributed by atoms with Gasteiger partial charge in [0.05, 0.1) is 5.69 Å². The van der Waals surface area contributed by atoms with Crippen LogP contribution in [-0.4, -0.2) is 28.9 Å². The molecule has 1 aliphatic rings. The highest BCUT2D eigenvalue weighted by Gasteiger charge is 2.26. The molecule has 3 aromatic rings. The van der Waals surface area contributed by atoms with Gasteiger partial charge in [-0.3, -0.25) is 9.78 Å². The minimum atomic E-state index is -0.352. The number of nitrogens with zero attached hydrogens (tertiary/aromatic N) is 2. The maximum absolute atomic E-state index is 13.2. The fraction of sp³-hybridized carbons (Fsp3) is 0.217. The summed E-state index contributed by atoms with van der Waals surface area (Å²) in [6, 6.07) is 17.8. The van der Waals surface area contributed by atoms with E-state index in [1.165, 1.54) is 36.4 Å². The minimum Gasteiger partial charge on any atom is -0.338 e. The summed E-state index contributed by atoms with van der Waals surface area (Å²) in [4.78, 5) is 19.3. The lowest BCUT2D eigenvalue weighted by atomic mass is 9.93. The SMILES string of the molecule is O=C(c1ccc(F)cc1)N1CCC[C@H](c2cccc(-c3ccc(F)cc3)n2)C1. The minimum absolute atomic E-state index is 0.0839. The predicted octanol–water partition coefficient (Wildman–Crippen LogP) is 5.05. The first-order valence-electron chi connectivity index (χ1n) is 9.38. The molecule has 1 amide bonds. The second-order valence-electron chi connectivity index (χ2n) is 7.05. The maximum atomic E-state index is 13.2. The molecule has 0 N–H and O–H groups in total. The van der Waals surface area contributed by atoms with Crippen molar-refractivity contribution < 1.29 is 13.6 Å². The van der Waals surface area contributed by atoms with Crippen LogP contribution in [-0.2, 0) is 0 Å². The Kier molecular flexibility index (Phi) is 5.15. The van der Waals surface area contributed by atoms with Gasteiger partial charge in [-0.05, 0) is 73.5 Å². The normalized spacial score (nSPS) is 16.8. The van der Waals surface area contributed by atoms with Crippen molar-refractivity contribution in [3.05, 3.63) is 89.6 Å². The number of piperidine rings is 1. The highest BCUT2D eigenvalue weighted by molar-refractivity contribution is 5.94. The number of pyridine rings is 1. The molecule has 1 aliphatic heterocycles. The van der Waals surface area contributed by atoms with E-state index in [0.29, 0.717) is 18.7 Å². The summed E-state index contributed by atoms with van der Waals surface area (Å²) in [5, 5.41) is 0. The van der Waals surface area contributed by atoms with Crippen molar-refractivity contribution in [1.82, 2.24) is 9.88 Å². The Balaban J connectivity index is 1.53. The molecule has 142 valence electrons. The highest BCUT2D eigenvalue weighted by Crippen LogP contribution is 2.28. The number of carbonyl (C=O) groups excluding carboxylic acids is 1. The van der Waals surface area contributed by atoms with Crippen molar-refractivity contribution in [2.24, 2.45) is 0 Å². The van der Waals surface area contributed by atoms with Gasteiger partial charge in [-0.2, -0.15) is 0 Å². The molecule has 0 spiro atoms. The summed E-state index contributed by atoms with van der Waals surface area (Å²) in [6.45, 7) is 1.26. The molecular weight excluding hydrogens is 358 g/mol. The fourth-order valence-corrected chi connectivity index (χ4v) is 3.64. The van der Waals surface area contributed by atoms with Crippen molar-refractivity contribution >= 4 is 5.91 Å². The number of benzene rings is 2. The fourth-order valence-electron chi connectivity index (χ4n) is 3.64. The number of likely N-dealkylation sites (tertiary alicyclic amines) is 1. The molecule has 2 aromatic carbocycles. The Morgan fingerprint density at radius 1 is 0.929 bits per heavy atom. The number of aromatic nitrogens is 1. The first-order valence-corrected chi connectivity index (χ1v) is 9.38. The van der Waals surface area contributed by atoms with Crippen molar-refractivity contribution in [3.8, 4) is 11.3 Å². The van der Waals surface area contributed by atoms with E-state index in [9.17, 15) is 13.6 Å². The van der Waals surface area contributed by atoms with Gasteiger partial charge >= 0.3 is 0 Å². The number of rotatable bonds is 3. The molecule has 3 nitrogen and oxygen atoms in total. The largest absolute Gasteiger partial charge is 0.338 e. The first-order chi connectivity index (χ1) is 13.6. The molecule has 1 atom stereocenters. The van der Waals surface area contributed by atoms with Crippen LogP contribution in [0.4, 0.5) is 8.78 Å². The van der Waals surface area contributed by atoms with Gasteiger partial charge < -0.3 is 4.90 Å². The van der Waals surface area contributed by atoms with Crippen molar-refractivity contribution in [2.45, 2.75) is 18.8 Å². The van der Waals surface area contributed by atoms with Crippen molar-refractivity contribution in [1.29, 1.82) is 0 Å². The summed E-state index contributed by atoms with van der Waals surface area (Å²) in [6.07, 6.45) is 1.84. The van der Waals surface area contributed by atoms with E-state index in [-0.39, 0.29) is 23.5 Å². The molecule has 0 saturated carbocycles. The Morgan fingerprint density at radius 3 is 2.32 bits per heavy atom. The highest BCUT2D eigenvalue weighted by atomic mass is 19.1. The van der Waals surface area contributed by atoms with Crippen LogP contribution in [0.25, 0.3) is 11.3 Å². The zero-order valence-corrected chi connectivity index (χ0v) is 15.3. The van der Waals surface area contributed by atoms with E-state index in [4.69, 9.17) is 4.98 Å². The second kappa shape index (κ2) is 7.89. The molecule has 4 rings (SSSR count). The third-order valence-corrected chi connectivity index (χ3v) is 5.13. The average molecular weight is 378 g/mol. The third kappa shape index (κ3) is 3.93. The Bertz CT molecular complexity index is 971. The molecule has 28 heavy (non-hydrogen) atoms. The molecule has 5 heteroatoms. The van der Waals surface area contributed by atoms with Crippen LogP contribution < -0.4 is 0 Å². The summed E-state index contributed by atoms with van der Waals surface area (Å²) >= 11 is 0. The monoisotopic (exact) mass is 378 g/mol. The Morgan fingerprint density at radius 2 is 1.61 bits per heavy atom. The van der Waals surface area contributed by atoms with Crippen LogP contribution in [0.2, 0.25) is 0 Å². The molecule has 0 unspecified atom stereocenters. The summed E-state index contributed by atoms with van der Waals surface area (Å²) in [5.74, 6) is -0.574. The zero-order chi connectivity index (χ0) is 19.5. The molecule has 1 aromatic heterocycles. The maximum Gasteiger partial charge on any atom is 0.253 e. The lowest BCUT2D eigenvalue weighted by molar-refractivity contribution is 0.0706. The lowest BCUT2D eigenvalue weighted by Gasteiger charge is -2.32. The smallest absolute Gasteiger partial charge is 0.253 e. The lowest BCUT2D eigenvalue weighted by Crippen LogP contribution is -2.39. The number of amides is 1. The molecule has 1 fully saturated rings. The number of hydrogen-bond donors (Lipinski definition) is 0. The zero-order valence-electron chi connectivity index (χ0n) is 15.3.